The van der Waals surface area contributed by atoms with Crippen LogP contribution in [0.25, 0.3) is 11.1 Å². The quantitative estimate of drug-likeness (QED) is 0.673. The third-order valence-corrected chi connectivity index (χ3v) is 5.06. The first-order valence-corrected chi connectivity index (χ1v) is 8.47. The largest absolute Gasteiger partial charge is 0.294 e. The Labute approximate surface area is 141 Å². The number of Topliss-reactive ketones (excluding diaryl/α,β-unsaturated/α-hetero) is 1. The van der Waals surface area contributed by atoms with E-state index in [0.29, 0.717) is 18.4 Å². The minimum absolute atomic E-state index is 0.285. The molecular formula is C21H22F2O. The molecule has 1 aliphatic carbocycles. The summed E-state index contributed by atoms with van der Waals surface area (Å²) in [5.41, 5.74) is 3.72. The van der Waals surface area contributed by atoms with Gasteiger partial charge in [0.15, 0.2) is 5.78 Å². The van der Waals surface area contributed by atoms with Crippen LogP contribution in [0.5, 0.6) is 0 Å². The van der Waals surface area contributed by atoms with Gasteiger partial charge in [-0.3, -0.25) is 4.79 Å². The molecule has 2 aromatic rings. The summed E-state index contributed by atoms with van der Waals surface area (Å²) in [6.45, 7) is 3.73. The van der Waals surface area contributed by atoms with Crippen LogP contribution in [-0.2, 0) is 0 Å². The molecule has 0 heterocycles. The molecular weight excluding hydrogens is 306 g/mol. The first-order chi connectivity index (χ1) is 11.5. The van der Waals surface area contributed by atoms with Gasteiger partial charge in [0.2, 0.25) is 0 Å². The van der Waals surface area contributed by atoms with E-state index in [1.807, 2.05) is 43.3 Å². The lowest BCUT2D eigenvalue weighted by molar-refractivity contribution is 0.0282. The highest BCUT2D eigenvalue weighted by molar-refractivity contribution is 5.98. The van der Waals surface area contributed by atoms with Gasteiger partial charge in [0.1, 0.15) is 12.3 Å². The van der Waals surface area contributed by atoms with E-state index in [1.54, 1.807) is 19.1 Å². The van der Waals surface area contributed by atoms with Gasteiger partial charge < -0.3 is 0 Å². The van der Waals surface area contributed by atoms with E-state index < -0.39 is 18.3 Å². The summed E-state index contributed by atoms with van der Waals surface area (Å²) in [6.07, 6.45) is -2.27. The summed E-state index contributed by atoms with van der Waals surface area (Å²) in [5.74, 6) is -1.46. The minimum Gasteiger partial charge on any atom is -0.294 e. The predicted molar refractivity (Wildman–Crippen MR) is 92.6 cm³/mol. The summed E-state index contributed by atoms with van der Waals surface area (Å²) < 4.78 is 28.1. The van der Waals surface area contributed by atoms with Crippen molar-refractivity contribution < 1.29 is 13.6 Å². The van der Waals surface area contributed by atoms with Crippen LogP contribution in [-0.4, -0.2) is 18.1 Å². The smallest absolute Gasteiger partial charge is 0.168 e. The van der Waals surface area contributed by atoms with Gasteiger partial charge in [0.05, 0.1) is 5.92 Å². The van der Waals surface area contributed by atoms with E-state index in [-0.39, 0.29) is 11.7 Å². The molecule has 3 heteroatoms. The van der Waals surface area contributed by atoms with Crippen molar-refractivity contribution in [2.45, 2.75) is 39.0 Å². The molecule has 0 bridgehead atoms. The molecule has 0 aliphatic heterocycles. The van der Waals surface area contributed by atoms with E-state index >= 15 is 0 Å². The maximum absolute atomic E-state index is 14.2. The van der Waals surface area contributed by atoms with Gasteiger partial charge in [0, 0.05) is 5.56 Å². The number of hydrogen-bond acceptors (Lipinski definition) is 1. The number of alkyl halides is 2. The molecule has 4 unspecified atom stereocenters. The fraction of sp³-hybridized carbons (Fsp3) is 0.381. The molecule has 1 aliphatic rings. The Morgan fingerprint density at radius 2 is 1.42 bits per heavy atom. The summed E-state index contributed by atoms with van der Waals surface area (Å²) >= 11 is 0. The number of carbonyl (C=O) groups is 1. The van der Waals surface area contributed by atoms with Crippen LogP contribution in [0.2, 0.25) is 0 Å². The van der Waals surface area contributed by atoms with Crippen molar-refractivity contribution in [2.24, 2.45) is 11.8 Å². The monoisotopic (exact) mass is 328 g/mol. The van der Waals surface area contributed by atoms with Gasteiger partial charge in [-0.2, -0.15) is 0 Å². The van der Waals surface area contributed by atoms with Crippen molar-refractivity contribution in [1.82, 2.24) is 0 Å². The fourth-order valence-electron chi connectivity index (χ4n) is 3.36. The van der Waals surface area contributed by atoms with Crippen LogP contribution in [0.3, 0.4) is 0 Å². The number of hydrogen-bond donors (Lipinski definition) is 0. The van der Waals surface area contributed by atoms with Crippen molar-refractivity contribution >= 4 is 5.78 Å². The van der Waals surface area contributed by atoms with E-state index in [4.69, 9.17) is 0 Å². The summed E-state index contributed by atoms with van der Waals surface area (Å²) in [4.78, 5) is 12.5. The van der Waals surface area contributed by atoms with Gasteiger partial charge in [0.25, 0.3) is 0 Å². The van der Waals surface area contributed by atoms with Crippen LogP contribution in [0.15, 0.2) is 48.5 Å². The Balaban J connectivity index is 1.78. The molecule has 1 saturated carbocycles. The van der Waals surface area contributed by atoms with Crippen LogP contribution in [0, 0.1) is 18.8 Å². The molecule has 1 nitrogen and oxygen atoms in total. The summed E-state index contributed by atoms with van der Waals surface area (Å²) in [5, 5.41) is 0. The standard InChI is InChI=1S/C21H22F2O/c1-13-3-6-15(7-4-13)16-8-10-17(11-9-16)21(24)18-12-5-14(2)19(22)20(18)23/h3-4,6-11,14,18-20H,5,12H2,1-2H3. The van der Waals surface area contributed by atoms with E-state index in [0.717, 1.165) is 11.1 Å². The van der Waals surface area contributed by atoms with Crippen LogP contribution >= 0.6 is 0 Å². The molecule has 3 rings (SSSR count). The number of ketones is 1. The molecule has 0 amide bonds. The molecule has 1 fully saturated rings. The van der Waals surface area contributed by atoms with Gasteiger partial charge >= 0.3 is 0 Å². The zero-order valence-corrected chi connectivity index (χ0v) is 14.0. The van der Waals surface area contributed by atoms with E-state index in [9.17, 15) is 13.6 Å². The van der Waals surface area contributed by atoms with Crippen molar-refractivity contribution in [3.05, 3.63) is 59.7 Å². The highest BCUT2D eigenvalue weighted by atomic mass is 19.2. The topological polar surface area (TPSA) is 17.1 Å². The molecule has 0 radical (unpaired) electrons. The lowest BCUT2D eigenvalue weighted by Gasteiger charge is -2.32. The minimum atomic E-state index is -1.70. The van der Waals surface area contributed by atoms with Crippen molar-refractivity contribution in [1.29, 1.82) is 0 Å². The molecule has 0 saturated heterocycles. The number of carbonyl (C=O) groups excluding carboxylic acids is 1. The Kier molecular flexibility index (Phi) is 4.79. The van der Waals surface area contributed by atoms with Crippen molar-refractivity contribution in [2.75, 3.05) is 0 Å². The average molecular weight is 328 g/mol. The summed E-state index contributed by atoms with van der Waals surface area (Å²) in [7, 11) is 0. The molecule has 0 N–H and O–H groups in total. The lowest BCUT2D eigenvalue weighted by Crippen LogP contribution is -2.40. The van der Waals surface area contributed by atoms with Crippen molar-refractivity contribution in [3.63, 3.8) is 0 Å². The molecule has 24 heavy (non-hydrogen) atoms. The third kappa shape index (κ3) is 3.26. The lowest BCUT2D eigenvalue weighted by atomic mass is 9.76. The SMILES string of the molecule is Cc1ccc(-c2ccc(C(=O)C3CCC(C)C(F)C3F)cc2)cc1. The molecule has 4 atom stereocenters. The van der Waals surface area contributed by atoms with Gasteiger partial charge in [-0.15, -0.1) is 0 Å². The Hall–Kier alpha value is -2.03. The Morgan fingerprint density at radius 3 is 2.00 bits per heavy atom. The Morgan fingerprint density at radius 1 is 0.875 bits per heavy atom. The second-order valence-electron chi connectivity index (χ2n) is 6.86. The zero-order valence-electron chi connectivity index (χ0n) is 14.0. The second-order valence-corrected chi connectivity index (χ2v) is 6.86. The first kappa shape index (κ1) is 16.8. The second kappa shape index (κ2) is 6.84. The number of halogens is 2. The van der Waals surface area contributed by atoms with Crippen LogP contribution < -0.4 is 0 Å². The maximum Gasteiger partial charge on any atom is 0.168 e. The first-order valence-electron chi connectivity index (χ1n) is 8.47. The molecule has 0 aromatic heterocycles. The van der Waals surface area contributed by atoms with E-state index in [1.165, 1.54) is 5.56 Å². The highest BCUT2D eigenvalue weighted by Crippen LogP contribution is 2.35. The zero-order chi connectivity index (χ0) is 17.3. The predicted octanol–water partition coefficient (Wildman–Crippen LogP) is 5.57. The van der Waals surface area contributed by atoms with Crippen LogP contribution in [0.1, 0.15) is 35.7 Å². The van der Waals surface area contributed by atoms with Crippen LogP contribution in [0.4, 0.5) is 8.78 Å². The number of aryl methyl sites for hydroxylation is 1. The third-order valence-electron chi connectivity index (χ3n) is 5.06. The fourth-order valence-corrected chi connectivity index (χ4v) is 3.36. The molecule has 2 aromatic carbocycles. The van der Waals surface area contributed by atoms with Gasteiger partial charge in [-0.25, -0.2) is 8.78 Å². The Bertz CT molecular complexity index is 706. The number of rotatable bonds is 3. The van der Waals surface area contributed by atoms with E-state index in [2.05, 4.69) is 0 Å². The van der Waals surface area contributed by atoms with Gasteiger partial charge in [-0.05, 0) is 36.8 Å². The molecule has 126 valence electrons. The van der Waals surface area contributed by atoms with Crippen molar-refractivity contribution in [3.8, 4) is 11.1 Å². The maximum atomic E-state index is 14.2. The normalized spacial score (nSPS) is 27.0. The highest BCUT2D eigenvalue weighted by Gasteiger charge is 2.41. The summed E-state index contributed by atoms with van der Waals surface area (Å²) in [6, 6.07) is 15.3. The number of benzene rings is 2. The molecule has 0 spiro atoms. The van der Waals surface area contributed by atoms with Gasteiger partial charge in [-0.1, -0.05) is 61.0 Å². The average Bonchev–Trinajstić information content (AvgIpc) is 2.60.